The molecule has 1 heterocycles. The summed E-state index contributed by atoms with van der Waals surface area (Å²) in [7, 11) is -4.61. The molecule has 2 unspecified atom stereocenters. The van der Waals surface area contributed by atoms with E-state index in [0.29, 0.717) is 12.8 Å². The largest absolute Gasteiger partial charge is 0.462 e. The molecule has 1 aliphatic heterocycles. The highest BCUT2D eigenvalue weighted by molar-refractivity contribution is 7.85. The minimum absolute atomic E-state index is 0.0749. The van der Waals surface area contributed by atoms with Crippen LogP contribution in [0.5, 0.6) is 0 Å². The molecule has 1 aliphatic rings. The molecule has 1 rings (SSSR count). The number of carbonyl (C=O) groups is 2. The molecule has 12 nitrogen and oxygen atoms in total. The molecule has 13 heteroatoms. The van der Waals surface area contributed by atoms with E-state index in [-0.39, 0.29) is 19.4 Å². The Morgan fingerprint density at radius 3 is 1.60 bits per heavy atom. The van der Waals surface area contributed by atoms with Gasteiger partial charge >= 0.3 is 11.9 Å². The molecule has 0 aromatic carbocycles. The Hall–Kier alpha value is -2.13. The van der Waals surface area contributed by atoms with Gasteiger partial charge in [0.2, 0.25) is 0 Å². The topological polar surface area (TPSA) is 186 Å². The average molecular weight is 845 g/mol. The summed E-state index contributed by atoms with van der Waals surface area (Å²) >= 11 is 0. The second kappa shape index (κ2) is 35.6. The number of carbonyl (C=O) groups excluding carboxylic acids is 2. The molecule has 0 saturated carbocycles. The number of aliphatic hydroxyl groups is 3. The van der Waals surface area contributed by atoms with Gasteiger partial charge in [-0.05, 0) is 57.8 Å². The van der Waals surface area contributed by atoms with Gasteiger partial charge in [0.1, 0.15) is 36.8 Å². The van der Waals surface area contributed by atoms with Gasteiger partial charge in [0, 0.05) is 12.8 Å². The van der Waals surface area contributed by atoms with E-state index in [4.69, 9.17) is 18.9 Å². The second-order valence-electron chi connectivity index (χ2n) is 15.7. The maximum absolute atomic E-state index is 12.8. The van der Waals surface area contributed by atoms with Crippen LogP contribution in [0.15, 0.2) is 36.5 Å². The van der Waals surface area contributed by atoms with Gasteiger partial charge in [-0.3, -0.25) is 14.1 Å². The van der Waals surface area contributed by atoms with Crippen LogP contribution in [-0.2, 0) is 38.7 Å². The summed E-state index contributed by atoms with van der Waals surface area (Å²) in [6.45, 7) is 3.69. The van der Waals surface area contributed by atoms with Crippen molar-refractivity contribution >= 4 is 22.1 Å². The van der Waals surface area contributed by atoms with Crippen molar-refractivity contribution in [2.75, 3.05) is 19.0 Å². The van der Waals surface area contributed by atoms with Gasteiger partial charge in [-0.15, -0.1) is 0 Å². The molecular formula is C45H80O12S. The fourth-order valence-corrected chi connectivity index (χ4v) is 7.36. The SMILES string of the molecule is CCCCCCCC/C=C/C/C=C/CCCCC(=O)OC[C@H](CO[C@H]1O[C@H](CS(=O)(=O)O)[C@@H](O)C(O)C1O)OC(=O)CC/C=C/CCCCCCCCCCCCC. The van der Waals surface area contributed by atoms with Crippen LogP contribution in [0, 0.1) is 0 Å². The third-order valence-electron chi connectivity index (χ3n) is 10.2. The molecular weight excluding hydrogens is 765 g/mol. The van der Waals surface area contributed by atoms with E-state index in [0.717, 1.165) is 38.5 Å². The van der Waals surface area contributed by atoms with Gasteiger partial charge in [-0.25, -0.2) is 0 Å². The minimum Gasteiger partial charge on any atom is -0.462 e. The first-order valence-corrected chi connectivity index (χ1v) is 24.2. The van der Waals surface area contributed by atoms with Crippen LogP contribution < -0.4 is 0 Å². The summed E-state index contributed by atoms with van der Waals surface area (Å²) in [5, 5.41) is 30.8. The number of ether oxygens (including phenoxy) is 4. The average Bonchev–Trinajstić information content (AvgIpc) is 3.18. The van der Waals surface area contributed by atoms with E-state index < -0.39 is 71.2 Å². The molecule has 0 aromatic heterocycles. The predicted octanol–water partition coefficient (Wildman–Crippen LogP) is 9.00. The summed E-state index contributed by atoms with van der Waals surface area (Å²) < 4.78 is 53.9. The Bertz CT molecular complexity index is 1220. The maximum Gasteiger partial charge on any atom is 0.306 e. The lowest BCUT2D eigenvalue weighted by Gasteiger charge is -2.40. The first-order valence-electron chi connectivity index (χ1n) is 22.5. The monoisotopic (exact) mass is 845 g/mol. The second-order valence-corrected chi connectivity index (χ2v) is 17.2. The number of aliphatic hydroxyl groups excluding tert-OH is 3. The molecule has 6 atom stereocenters. The highest BCUT2D eigenvalue weighted by atomic mass is 32.2. The van der Waals surface area contributed by atoms with Crippen LogP contribution >= 0.6 is 0 Å². The molecule has 338 valence electrons. The van der Waals surface area contributed by atoms with Crippen molar-refractivity contribution in [1.29, 1.82) is 0 Å². The van der Waals surface area contributed by atoms with Crippen LogP contribution in [0.2, 0.25) is 0 Å². The van der Waals surface area contributed by atoms with E-state index in [1.807, 2.05) is 6.08 Å². The lowest BCUT2D eigenvalue weighted by atomic mass is 10.00. The van der Waals surface area contributed by atoms with Crippen molar-refractivity contribution in [3.8, 4) is 0 Å². The van der Waals surface area contributed by atoms with E-state index in [9.17, 15) is 37.9 Å². The van der Waals surface area contributed by atoms with Crippen molar-refractivity contribution in [3.63, 3.8) is 0 Å². The predicted molar refractivity (Wildman–Crippen MR) is 229 cm³/mol. The van der Waals surface area contributed by atoms with Crippen LogP contribution in [0.4, 0.5) is 0 Å². The van der Waals surface area contributed by atoms with E-state index in [2.05, 4.69) is 44.2 Å². The molecule has 0 spiro atoms. The molecule has 1 saturated heterocycles. The maximum atomic E-state index is 12.8. The van der Waals surface area contributed by atoms with Crippen molar-refractivity contribution < 1.29 is 56.8 Å². The van der Waals surface area contributed by atoms with Gasteiger partial charge in [-0.1, -0.05) is 147 Å². The van der Waals surface area contributed by atoms with Crippen molar-refractivity contribution in [3.05, 3.63) is 36.5 Å². The van der Waals surface area contributed by atoms with Crippen LogP contribution in [-0.4, -0.2) is 96.0 Å². The molecule has 1 fully saturated rings. The number of unbranched alkanes of at least 4 members (excludes halogenated alkanes) is 19. The number of hydrogen-bond donors (Lipinski definition) is 4. The van der Waals surface area contributed by atoms with Crippen molar-refractivity contribution in [2.45, 2.75) is 218 Å². The fraction of sp³-hybridized carbons (Fsp3) is 0.822. The van der Waals surface area contributed by atoms with Crippen molar-refractivity contribution in [1.82, 2.24) is 0 Å². The Balaban J connectivity index is 2.50. The van der Waals surface area contributed by atoms with Gasteiger partial charge in [-0.2, -0.15) is 8.42 Å². The molecule has 4 N–H and O–H groups in total. The van der Waals surface area contributed by atoms with Gasteiger partial charge < -0.3 is 34.3 Å². The summed E-state index contributed by atoms with van der Waals surface area (Å²) in [5.41, 5.74) is 0. The molecule has 0 bridgehead atoms. The quantitative estimate of drug-likeness (QED) is 0.0202. The molecule has 0 aliphatic carbocycles. The zero-order chi connectivity index (χ0) is 42.7. The standard InChI is InChI=1S/C45H80O12S/c1-3-5-7-9-11-13-15-17-19-21-23-25-27-29-31-33-40(46)54-35-38(36-55-45-44(50)43(49)42(48)39(57-45)37-58(51,52)53)56-41(47)34-32-30-28-26-24-22-20-18-16-14-12-10-8-6-4-2/h17,19,23,25,28,30,38-39,42-45,48-50H,3-16,18,20-22,24,26-27,29,31-37H2,1-2H3,(H,51,52,53)/b19-17+,25-23+,30-28+/t38-,39-,42-,43?,44?,45+/m1/s1. The third-order valence-corrected chi connectivity index (χ3v) is 11.0. The van der Waals surface area contributed by atoms with Gasteiger partial charge in [0.25, 0.3) is 10.1 Å². The fourth-order valence-electron chi connectivity index (χ4n) is 6.66. The summed E-state index contributed by atoms with van der Waals surface area (Å²) in [4.78, 5) is 25.3. The highest BCUT2D eigenvalue weighted by Gasteiger charge is 2.46. The van der Waals surface area contributed by atoms with Crippen LogP contribution in [0.25, 0.3) is 0 Å². The van der Waals surface area contributed by atoms with Crippen molar-refractivity contribution in [2.24, 2.45) is 0 Å². The lowest BCUT2D eigenvalue weighted by molar-refractivity contribution is -0.297. The number of rotatable bonds is 37. The van der Waals surface area contributed by atoms with E-state index in [1.165, 1.54) is 103 Å². The zero-order valence-corrected chi connectivity index (χ0v) is 36.7. The zero-order valence-electron chi connectivity index (χ0n) is 35.9. The summed E-state index contributed by atoms with van der Waals surface area (Å²) in [6, 6.07) is 0. The molecule has 0 aromatic rings. The summed E-state index contributed by atoms with van der Waals surface area (Å²) in [5.74, 6) is -2.08. The Kier molecular flexibility index (Phi) is 33.1. The van der Waals surface area contributed by atoms with E-state index >= 15 is 0 Å². The normalized spacial score (nSPS) is 20.7. The van der Waals surface area contributed by atoms with Crippen LogP contribution in [0.3, 0.4) is 0 Å². The van der Waals surface area contributed by atoms with E-state index in [1.54, 1.807) is 0 Å². The minimum atomic E-state index is -4.61. The van der Waals surface area contributed by atoms with Gasteiger partial charge in [0.15, 0.2) is 12.4 Å². The Morgan fingerprint density at radius 1 is 0.586 bits per heavy atom. The molecule has 0 radical (unpaired) electrons. The smallest absolute Gasteiger partial charge is 0.306 e. The third kappa shape index (κ3) is 30.0. The number of esters is 2. The first-order chi connectivity index (χ1) is 28.0. The Morgan fingerprint density at radius 2 is 1.07 bits per heavy atom. The van der Waals surface area contributed by atoms with Crippen LogP contribution in [0.1, 0.15) is 181 Å². The summed E-state index contributed by atoms with van der Waals surface area (Å²) in [6.07, 6.45) is 30.6. The highest BCUT2D eigenvalue weighted by Crippen LogP contribution is 2.24. The number of allylic oxidation sites excluding steroid dienone is 6. The van der Waals surface area contributed by atoms with Gasteiger partial charge in [0.05, 0.1) is 6.61 Å². The molecule has 0 amide bonds. The Labute approximate surface area is 351 Å². The first kappa shape index (κ1) is 53.9. The lowest BCUT2D eigenvalue weighted by Crippen LogP contribution is -2.60. The molecule has 58 heavy (non-hydrogen) atoms. The number of hydrogen-bond acceptors (Lipinski definition) is 11.